The van der Waals surface area contributed by atoms with Crippen molar-refractivity contribution in [1.82, 2.24) is 0 Å². The van der Waals surface area contributed by atoms with Gasteiger partial charge in [-0.15, -0.1) is 0 Å². The van der Waals surface area contributed by atoms with Gasteiger partial charge in [-0.2, -0.15) is 114 Å². The molecule has 0 N–H and O–H groups in total. The summed E-state index contributed by atoms with van der Waals surface area (Å²) in [6.07, 6.45) is -80.3. The first kappa shape index (κ1) is 41.9. The third kappa shape index (κ3) is 7.49. The molecule has 0 amide bonds. The molecule has 4 atom stereocenters. The molecule has 44 heavy (non-hydrogen) atoms. The fraction of sp³-hybridized carbons (Fsp3) is 1.00. The van der Waals surface area contributed by atoms with Crippen LogP contribution in [0.1, 0.15) is 0 Å². The van der Waals surface area contributed by atoms with Gasteiger partial charge in [0.15, 0.2) is 0 Å². The van der Waals surface area contributed by atoms with Crippen LogP contribution in [-0.4, -0.2) is 79.2 Å². The fourth-order valence-corrected chi connectivity index (χ4v) is 1.84. The second kappa shape index (κ2) is 11.0. The average molecular weight is 734 g/mol. The number of alkyl halides is 27. The third-order valence-corrected chi connectivity index (χ3v) is 3.86. The van der Waals surface area contributed by atoms with Crippen LogP contribution in [-0.2, 0) is 18.9 Å². The summed E-state index contributed by atoms with van der Waals surface area (Å²) in [5.41, 5.74) is 0. The number of hydrogen-bond donors (Lipinski definition) is 0. The Morgan fingerprint density at radius 3 is 0.727 bits per heavy atom. The molecule has 0 aliphatic rings. The normalized spacial score (nSPS) is 20.5. The zero-order valence-electron chi connectivity index (χ0n) is 18.4. The summed E-state index contributed by atoms with van der Waals surface area (Å²) in [6, 6.07) is 0. The smallest absolute Gasteiger partial charge is 0.272 e. The van der Waals surface area contributed by atoms with Gasteiger partial charge in [0.25, 0.3) is 6.36 Å². The minimum absolute atomic E-state index is 0.917. The quantitative estimate of drug-likeness (QED) is 0.200. The summed E-state index contributed by atoms with van der Waals surface area (Å²) in [6.45, 7) is 0. The monoisotopic (exact) mass is 734 g/mol. The van der Waals surface area contributed by atoms with Crippen molar-refractivity contribution in [2.45, 2.75) is 79.2 Å². The lowest BCUT2D eigenvalue weighted by molar-refractivity contribution is -0.590. The number of halogens is 27. The predicted molar refractivity (Wildman–Crippen MR) is 70.8 cm³/mol. The van der Waals surface area contributed by atoms with E-state index in [4.69, 9.17) is 0 Å². The molecule has 0 bridgehead atoms. The molecule has 0 heterocycles. The first-order chi connectivity index (χ1) is 18.5. The molecule has 0 rings (SSSR count). The first-order valence-electron chi connectivity index (χ1n) is 8.84. The van der Waals surface area contributed by atoms with E-state index >= 15 is 0 Å². The van der Waals surface area contributed by atoms with Crippen LogP contribution in [0.4, 0.5) is 119 Å². The van der Waals surface area contributed by atoms with Crippen LogP contribution in [0.2, 0.25) is 0 Å². The van der Waals surface area contributed by atoms with E-state index in [-0.39, 0.29) is 0 Å². The summed E-state index contributed by atoms with van der Waals surface area (Å²) in [5.74, 6) is -26.2. The van der Waals surface area contributed by atoms with Crippen LogP contribution in [0.3, 0.4) is 0 Å². The standard InChI is InChI=1S/C13HF27O4/c14-1(2(15,16)17)41-10(33,34)3(18,6(21,22)23)42-11(35,36)4(19,7(24,25)26)43-12(37,38)5(20,8(27,28)29)44-13(39,40)9(30,31)32/h1H. The largest absolute Gasteiger partial charge is 0.483 e. The van der Waals surface area contributed by atoms with Gasteiger partial charge in [-0.25, -0.2) is 4.39 Å². The van der Waals surface area contributed by atoms with E-state index in [1.165, 1.54) is 4.74 Å². The van der Waals surface area contributed by atoms with Gasteiger partial charge < -0.3 is 0 Å². The summed E-state index contributed by atoms with van der Waals surface area (Å²) in [7, 11) is 0. The average Bonchev–Trinajstić information content (AvgIpc) is 2.67. The highest BCUT2D eigenvalue weighted by molar-refractivity contribution is 4.97. The van der Waals surface area contributed by atoms with Gasteiger partial charge >= 0.3 is 72.9 Å². The predicted octanol–water partition coefficient (Wildman–Crippen LogP) is 8.53. The molecule has 0 radical (unpaired) electrons. The Morgan fingerprint density at radius 1 is 0.295 bits per heavy atom. The number of ether oxygens (including phenoxy) is 4. The van der Waals surface area contributed by atoms with Gasteiger partial charge in [-0.05, 0) is 0 Å². The summed E-state index contributed by atoms with van der Waals surface area (Å²) >= 11 is 0. The zero-order chi connectivity index (χ0) is 36.4. The third-order valence-electron chi connectivity index (χ3n) is 3.86. The van der Waals surface area contributed by atoms with E-state index in [0.717, 1.165) is 14.2 Å². The van der Waals surface area contributed by atoms with E-state index in [2.05, 4.69) is 0 Å². The van der Waals surface area contributed by atoms with Crippen LogP contribution < -0.4 is 0 Å². The van der Waals surface area contributed by atoms with Crippen LogP contribution in [0.5, 0.6) is 0 Å². The van der Waals surface area contributed by atoms with Crippen LogP contribution >= 0.6 is 0 Å². The Kier molecular flexibility index (Phi) is 10.5. The van der Waals surface area contributed by atoms with Gasteiger partial charge in [0.1, 0.15) is 0 Å². The lowest BCUT2D eigenvalue weighted by atomic mass is 10.2. The summed E-state index contributed by atoms with van der Waals surface area (Å²) in [5, 5.41) is 0. The second-order valence-electron chi connectivity index (χ2n) is 7.13. The maximum atomic E-state index is 14.1. The maximum Gasteiger partial charge on any atom is 0.483 e. The van der Waals surface area contributed by atoms with Crippen molar-refractivity contribution in [3.05, 3.63) is 0 Å². The Balaban J connectivity index is 7.36. The number of rotatable bonds is 11. The fourth-order valence-electron chi connectivity index (χ4n) is 1.84. The second-order valence-corrected chi connectivity index (χ2v) is 7.13. The molecule has 0 spiro atoms. The highest BCUT2D eigenvalue weighted by Gasteiger charge is 2.88. The zero-order valence-corrected chi connectivity index (χ0v) is 18.4. The Labute approximate surface area is 218 Å². The SMILES string of the molecule is FC(OC(F)(F)C(F)(OC(F)(F)C(F)(OC(F)(F)C(F)(OC(F)(F)C(F)(F)F)C(F)(F)F)C(F)(F)F)C(F)(F)F)C(F)(F)F. The molecule has 4 nitrogen and oxygen atoms in total. The topological polar surface area (TPSA) is 36.9 Å². The van der Waals surface area contributed by atoms with Gasteiger partial charge in [-0.1, -0.05) is 0 Å². The molecule has 0 aromatic heterocycles. The van der Waals surface area contributed by atoms with Crippen molar-refractivity contribution in [3.8, 4) is 0 Å². The van der Waals surface area contributed by atoms with Crippen molar-refractivity contribution >= 4 is 0 Å². The molecular formula is C13HF27O4. The van der Waals surface area contributed by atoms with Crippen LogP contribution in [0.15, 0.2) is 0 Å². The lowest BCUT2D eigenvalue weighted by Gasteiger charge is -2.43. The van der Waals surface area contributed by atoms with E-state index in [0.29, 0.717) is 0 Å². The minimum atomic E-state index is -8.99. The Hall–Kier alpha value is -2.05. The minimum Gasteiger partial charge on any atom is -0.272 e. The molecular weight excluding hydrogens is 733 g/mol. The van der Waals surface area contributed by atoms with Crippen molar-refractivity contribution in [2.24, 2.45) is 0 Å². The van der Waals surface area contributed by atoms with Gasteiger partial charge in [0, 0.05) is 0 Å². The molecule has 0 saturated heterocycles. The van der Waals surface area contributed by atoms with E-state index in [1.807, 2.05) is 0 Å². The Bertz CT molecular complexity index is 988. The molecule has 0 fully saturated rings. The molecule has 266 valence electrons. The van der Waals surface area contributed by atoms with Gasteiger partial charge in [0.2, 0.25) is 0 Å². The van der Waals surface area contributed by atoms with Gasteiger partial charge in [-0.3, -0.25) is 18.9 Å². The first-order valence-corrected chi connectivity index (χ1v) is 8.84. The molecule has 0 saturated carbocycles. The summed E-state index contributed by atoms with van der Waals surface area (Å²) in [4.78, 5) is 0. The molecule has 0 aliphatic carbocycles. The van der Waals surface area contributed by atoms with E-state index in [1.54, 1.807) is 0 Å². The highest BCUT2D eigenvalue weighted by Crippen LogP contribution is 2.59. The molecule has 0 aromatic rings. The van der Waals surface area contributed by atoms with E-state index in [9.17, 15) is 119 Å². The van der Waals surface area contributed by atoms with Gasteiger partial charge in [0.05, 0.1) is 0 Å². The van der Waals surface area contributed by atoms with Crippen molar-refractivity contribution < 1.29 is 137 Å². The molecule has 0 aliphatic heterocycles. The number of hydrogen-bond acceptors (Lipinski definition) is 4. The molecule has 0 aromatic carbocycles. The summed E-state index contributed by atoms with van der Waals surface area (Å²) < 4.78 is 353. The lowest BCUT2D eigenvalue weighted by Crippen LogP contribution is -2.71. The Morgan fingerprint density at radius 2 is 0.523 bits per heavy atom. The van der Waals surface area contributed by atoms with E-state index < -0.39 is 79.2 Å². The van der Waals surface area contributed by atoms with Crippen LogP contribution in [0.25, 0.3) is 0 Å². The maximum absolute atomic E-state index is 14.1. The van der Waals surface area contributed by atoms with Crippen molar-refractivity contribution in [2.75, 3.05) is 0 Å². The highest BCUT2D eigenvalue weighted by atomic mass is 19.4. The molecule has 4 unspecified atom stereocenters. The van der Waals surface area contributed by atoms with Crippen molar-refractivity contribution in [1.29, 1.82) is 0 Å². The van der Waals surface area contributed by atoms with Crippen molar-refractivity contribution in [3.63, 3.8) is 0 Å². The van der Waals surface area contributed by atoms with Crippen LogP contribution in [0, 0.1) is 0 Å². The molecule has 31 heteroatoms.